The number of aryl methyl sites for hydroxylation is 2. The van der Waals surface area contributed by atoms with Gasteiger partial charge in [-0.1, -0.05) is 42.3 Å². The van der Waals surface area contributed by atoms with Gasteiger partial charge >= 0.3 is 0 Å². The summed E-state index contributed by atoms with van der Waals surface area (Å²) in [5.41, 5.74) is 4.45. The van der Waals surface area contributed by atoms with Gasteiger partial charge in [-0.3, -0.25) is 0 Å². The van der Waals surface area contributed by atoms with E-state index in [0.717, 1.165) is 11.1 Å². The third-order valence-corrected chi connectivity index (χ3v) is 2.13. The Kier molecular flexibility index (Phi) is 3.31. The molecule has 0 aliphatic rings. The monoisotopic (exact) mass is 182 g/mol. The molecule has 1 aromatic carbocycles. The van der Waals surface area contributed by atoms with Crippen LogP contribution >= 0.6 is 0 Å². The third-order valence-electron chi connectivity index (χ3n) is 2.13. The van der Waals surface area contributed by atoms with Crippen molar-refractivity contribution in [1.29, 1.82) is 0 Å². The van der Waals surface area contributed by atoms with Crippen LogP contribution in [0.1, 0.15) is 16.7 Å². The summed E-state index contributed by atoms with van der Waals surface area (Å²) in [6, 6.07) is 6.31. The highest BCUT2D eigenvalue weighted by Crippen LogP contribution is 2.14. The van der Waals surface area contributed by atoms with Gasteiger partial charge in [0.15, 0.2) is 0 Å². The number of benzene rings is 1. The molecule has 0 N–H and O–H groups in total. The predicted molar refractivity (Wildman–Crippen MR) is 62.9 cm³/mol. The number of rotatable bonds is 2. The van der Waals surface area contributed by atoms with Crippen molar-refractivity contribution in [3.63, 3.8) is 0 Å². The summed E-state index contributed by atoms with van der Waals surface area (Å²) in [7, 11) is 0. The Labute approximate surface area is 86.0 Å². The summed E-state index contributed by atoms with van der Waals surface area (Å²) >= 11 is 0. The van der Waals surface area contributed by atoms with Gasteiger partial charge in [0.1, 0.15) is 0 Å². The lowest BCUT2D eigenvalue weighted by Gasteiger charge is -2.02. The van der Waals surface area contributed by atoms with Crippen LogP contribution in [0.4, 0.5) is 0 Å². The van der Waals surface area contributed by atoms with Crippen LogP contribution < -0.4 is 0 Å². The van der Waals surface area contributed by atoms with E-state index in [-0.39, 0.29) is 0 Å². The molecular formula is C14H14. The fraction of sp³-hybridized carbons (Fsp3) is 0.143. The smallest absolute Gasteiger partial charge is 0.0242 e. The van der Waals surface area contributed by atoms with Crippen LogP contribution in [0.5, 0.6) is 0 Å². The van der Waals surface area contributed by atoms with Crippen molar-refractivity contribution in [1.82, 2.24) is 0 Å². The molecule has 0 heteroatoms. The van der Waals surface area contributed by atoms with E-state index >= 15 is 0 Å². The second kappa shape index (κ2) is 4.48. The summed E-state index contributed by atoms with van der Waals surface area (Å²) in [6.45, 7) is 7.81. The summed E-state index contributed by atoms with van der Waals surface area (Å²) < 4.78 is 0. The standard InChI is InChI=1S/C14H14/c1-5-13(6-2)10-14-9-11(3)7-8-12(14)4/h1,6-10H,2H2,3-4H3/b13-10-. The van der Waals surface area contributed by atoms with Crippen LogP contribution in [-0.4, -0.2) is 0 Å². The molecule has 0 nitrogen and oxygen atoms in total. The second-order valence-electron chi connectivity index (χ2n) is 3.31. The molecule has 0 heterocycles. The van der Waals surface area contributed by atoms with Crippen LogP contribution in [0, 0.1) is 26.2 Å². The van der Waals surface area contributed by atoms with Gasteiger partial charge in [-0.05, 0) is 31.1 Å². The number of hydrogen-bond acceptors (Lipinski definition) is 0. The maximum Gasteiger partial charge on any atom is 0.0242 e. The largest absolute Gasteiger partial charge is 0.115 e. The normalized spacial score (nSPS) is 10.8. The summed E-state index contributed by atoms with van der Waals surface area (Å²) in [5, 5.41) is 0. The Morgan fingerprint density at radius 1 is 1.43 bits per heavy atom. The molecule has 0 aliphatic heterocycles. The van der Waals surface area contributed by atoms with E-state index in [9.17, 15) is 0 Å². The maximum absolute atomic E-state index is 5.33. The van der Waals surface area contributed by atoms with Crippen molar-refractivity contribution in [2.45, 2.75) is 13.8 Å². The van der Waals surface area contributed by atoms with E-state index in [2.05, 4.69) is 44.5 Å². The lowest BCUT2D eigenvalue weighted by Crippen LogP contribution is -1.83. The molecule has 0 atom stereocenters. The first kappa shape index (κ1) is 10.3. The second-order valence-corrected chi connectivity index (χ2v) is 3.31. The average molecular weight is 182 g/mol. The van der Waals surface area contributed by atoms with Crippen LogP contribution in [0.15, 0.2) is 36.4 Å². The first-order valence-electron chi connectivity index (χ1n) is 4.55. The van der Waals surface area contributed by atoms with Gasteiger partial charge in [-0.15, -0.1) is 6.42 Å². The fourth-order valence-corrected chi connectivity index (χ4v) is 1.24. The maximum atomic E-state index is 5.33. The van der Waals surface area contributed by atoms with Gasteiger partial charge in [0, 0.05) is 5.57 Å². The van der Waals surface area contributed by atoms with Crippen molar-refractivity contribution in [3.05, 3.63) is 53.1 Å². The highest BCUT2D eigenvalue weighted by atomic mass is 14.0. The molecule has 0 radical (unpaired) electrons. The summed E-state index contributed by atoms with van der Waals surface area (Å²) in [5.74, 6) is 2.59. The SMILES string of the molecule is C#C/C(C=C)=C/c1cc(C)ccc1C. The molecule has 0 aliphatic carbocycles. The molecule has 1 rings (SSSR count). The highest BCUT2D eigenvalue weighted by Gasteiger charge is 1.95. The van der Waals surface area contributed by atoms with Gasteiger partial charge in [0.2, 0.25) is 0 Å². The molecule has 0 spiro atoms. The molecule has 0 bridgehead atoms. The number of allylic oxidation sites excluding steroid dienone is 2. The zero-order valence-electron chi connectivity index (χ0n) is 8.67. The van der Waals surface area contributed by atoms with Crippen molar-refractivity contribution >= 4 is 6.08 Å². The average Bonchev–Trinajstić information content (AvgIpc) is 2.19. The van der Waals surface area contributed by atoms with Crippen molar-refractivity contribution in [3.8, 4) is 12.3 Å². The van der Waals surface area contributed by atoms with E-state index < -0.39 is 0 Å². The molecule has 0 unspecified atom stereocenters. The lowest BCUT2D eigenvalue weighted by molar-refractivity contribution is 1.37. The lowest BCUT2D eigenvalue weighted by atomic mass is 10.0. The summed E-state index contributed by atoms with van der Waals surface area (Å²) in [4.78, 5) is 0. The van der Waals surface area contributed by atoms with Gasteiger partial charge in [0.25, 0.3) is 0 Å². The van der Waals surface area contributed by atoms with E-state index in [1.807, 2.05) is 6.08 Å². The zero-order chi connectivity index (χ0) is 10.6. The fourth-order valence-electron chi connectivity index (χ4n) is 1.24. The molecule has 0 amide bonds. The Hall–Kier alpha value is -1.74. The first-order chi connectivity index (χ1) is 6.67. The van der Waals surface area contributed by atoms with Gasteiger partial charge in [0.05, 0.1) is 0 Å². The topological polar surface area (TPSA) is 0 Å². The predicted octanol–water partition coefficient (Wildman–Crippen LogP) is 3.51. The Bertz CT molecular complexity index is 414. The molecule has 14 heavy (non-hydrogen) atoms. The van der Waals surface area contributed by atoms with E-state index in [1.54, 1.807) is 6.08 Å². The Morgan fingerprint density at radius 2 is 2.14 bits per heavy atom. The first-order valence-corrected chi connectivity index (χ1v) is 4.55. The molecule has 0 aromatic heterocycles. The van der Waals surface area contributed by atoms with Crippen LogP contribution in [0.3, 0.4) is 0 Å². The van der Waals surface area contributed by atoms with Crippen LogP contribution in [-0.2, 0) is 0 Å². The van der Waals surface area contributed by atoms with E-state index in [4.69, 9.17) is 6.42 Å². The molecule has 70 valence electrons. The van der Waals surface area contributed by atoms with Crippen molar-refractivity contribution in [2.75, 3.05) is 0 Å². The molecule has 0 saturated heterocycles. The van der Waals surface area contributed by atoms with E-state index in [0.29, 0.717) is 0 Å². The van der Waals surface area contributed by atoms with Crippen LogP contribution in [0.25, 0.3) is 6.08 Å². The Balaban J connectivity index is 3.20. The quantitative estimate of drug-likeness (QED) is 0.485. The van der Waals surface area contributed by atoms with Gasteiger partial charge in [-0.2, -0.15) is 0 Å². The number of hydrogen-bond donors (Lipinski definition) is 0. The van der Waals surface area contributed by atoms with Crippen LogP contribution in [0.2, 0.25) is 0 Å². The zero-order valence-corrected chi connectivity index (χ0v) is 8.67. The van der Waals surface area contributed by atoms with Crippen molar-refractivity contribution < 1.29 is 0 Å². The third kappa shape index (κ3) is 2.37. The molecular weight excluding hydrogens is 168 g/mol. The molecule has 1 aromatic rings. The van der Waals surface area contributed by atoms with Crippen molar-refractivity contribution in [2.24, 2.45) is 0 Å². The van der Waals surface area contributed by atoms with E-state index in [1.165, 1.54) is 11.1 Å². The van der Waals surface area contributed by atoms with Gasteiger partial charge in [-0.25, -0.2) is 0 Å². The minimum atomic E-state index is 0.818. The minimum Gasteiger partial charge on any atom is -0.115 e. The molecule has 0 fully saturated rings. The minimum absolute atomic E-state index is 0.818. The summed E-state index contributed by atoms with van der Waals surface area (Å²) in [6.07, 6.45) is 9.01. The van der Waals surface area contributed by atoms with Gasteiger partial charge < -0.3 is 0 Å². The molecule has 0 saturated carbocycles. The number of terminal acetylenes is 1. The highest BCUT2D eigenvalue weighted by molar-refractivity contribution is 5.64. The Morgan fingerprint density at radius 3 is 2.71 bits per heavy atom.